The van der Waals surface area contributed by atoms with E-state index < -0.39 is 0 Å². The van der Waals surface area contributed by atoms with Crippen LogP contribution in [-0.2, 0) is 11.3 Å². The number of carbonyl (C=O) groups excluding carboxylic acids is 1. The molecule has 3 N–H and O–H groups in total. The number of nitrogen functional groups attached to an aromatic ring is 1. The molecule has 1 aliphatic carbocycles. The normalized spacial score (nSPS) is 14.4. The molecule has 1 aromatic rings. The minimum Gasteiger partial charge on any atom is -0.383 e. The van der Waals surface area contributed by atoms with E-state index in [1.807, 2.05) is 6.08 Å². The number of hydrogen-bond donors (Lipinski definition) is 2. The van der Waals surface area contributed by atoms with Crippen molar-refractivity contribution in [3.63, 3.8) is 0 Å². The van der Waals surface area contributed by atoms with Crippen LogP contribution in [-0.4, -0.2) is 24.5 Å². The van der Waals surface area contributed by atoms with Gasteiger partial charge in [0.1, 0.15) is 11.6 Å². The van der Waals surface area contributed by atoms with Gasteiger partial charge in [-0.2, -0.15) is 0 Å². The molecule has 1 aromatic heterocycles. The van der Waals surface area contributed by atoms with Crippen LogP contribution in [0.25, 0.3) is 0 Å². The van der Waals surface area contributed by atoms with E-state index in [0.717, 1.165) is 0 Å². The van der Waals surface area contributed by atoms with Gasteiger partial charge in [0, 0.05) is 25.6 Å². The summed E-state index contributed by atoms with van der Waals surface area (Å²) in [6.45, 7) is 0.468. The van der Waals surface area contributed by atoms with Gasteiger partial charge in [0.15, 0.2) is 0 Å². The smallest absolute Gasteiger partial charge is 0.255 e. The Morgan fingerprint density at radius 3 is 3.00 bits per heavy atom. The number of hydrogen-bond acceptors (Lipinski definition) is 4. The Kier molecular flexibility index (Phi) is 5.05. The molecule has 2 rings (SSSR count). The van der Waals surface area contributed by atoms with Gasteiger partial charge >= 0.3 is 0 Å². The van der Waals surface area contributed by atoms with Crippen molar-refractivity contribution in [3.8, 4) is 0 Å². The zero-order valence-corrected chi connectivity index (χ0v) is 11.9. The molecule has 5 nitrogen and oxygen atoms in total. The van der Waals surface area contributed by atoms with E-state index in [4.69, 9.17) is 10.5 Å². The van der Waals surface area contributed by atoms with Gasteiger partial charge in [-0.3, -0.25) is 4.79 Å². The Hall–Kier alpha value is -2.21. The van der Waals surface area contributed by atoms with E-state index in [0.29, 0.717) is 30.7 Å². The van der Waals surface area contributed by atoms with E-state index in [1.54, 1.807) is 25.3 Å². The molecule has 0 spiro atoms. The maximum absolute atomic E-state index is 13.5. The number of ether oxygens (including phenoxy) is 1. The first-order valence-corrected chi connectivity index (χ1v) is 6.68. The molecule has 0 atom stereocenters. The molecule has 21 heavy (non-hydrogen) atoms. The fraction of sp³-hybridized carbons (Fsp3) is 0.333. The van der Waals surface area contributed by atoms with Crippen LogP contribution in [0.15, 0.2) is 35.7 Å². The number of halogens is 1. The van der Waals surface area contributed by atoms with E-state index in [1.165, 1.54) is 0 Å². The molecule has 6 heteroatoms. The third kappa shape index (κ3) is 3.88. The third-order valence-electron chi connectivity index (χ3n) is 3.16. The average Bonchev–Trinajstić information content (AvgIpc) is 2.46. The van der Waals surface area contributed by atoms with Crippen molar-refractivity contribution in [1.82, 2.24) is 10.3 Å². The van der Waals surface area contributed by atoms with Crippen LogP contribution in [0.1, 0.15) is 28.9 Å². The summed E-state index contributed by atoms with van der Waals surface area (Å²) in [7, 11) is 1.55. The summed E-state index contributed by atoms with van der Waals surface area (Å²) in [6.07, 6.45) is 4.67. The highest BCUT2D eigenvalue weighted by atomic mass is 19.1. The highest BCUT2D eigenvalue weighted by Gasteiger charge is 2.13. The van der Waals surface area contributed by atoms with Crippen molar-refractivity contribution in [2.45, 2.75) is 19.4 Å². The van der Waals surface area contributed by atoms with Gasteiger partial charge in [-0.25, -0.2) is 9.37 Å². The summed E-state index contributed by atoms with van der Waals surface area (Å²) < 4.78 is 18.5. The van der Waals surface area contributed by atoms with Gasteiger partial charge in [0.25, 0.3) is 5.91 Å². The van der Waals surface area contributed by atoms with Crippen molar-refractivity contribution in [3.05, 3.63) is 46.9 Å². The molecule has 0 fully saturated rings. The second kappa shape index (κ2) is 6.99. The first-order chi connectivity index (χ1) is 10.1. The van der Waals surface area contributed by atoms with E-state index >= 15 is 0 Å². The van der Waals surface area contributed by atoms with Crippen LogP contribution in [0.4, 0.5) is 10.2 Å². The molecule has 0 aromatic carbocycles. The van der Waals surface area contributed by atoms with Gasteiger partial charge in [0.05, 0.1) is 17.9 Å². The number of nitrogens with one attached hydrogen (secondary N) is 1. The Morgan fingerprint density at radius 2 is 2.33 bits per heavy atom. The van der Waals surface area contributed by atoms with Crippen molar-refractivity contribution in [1.29, 1.82) is 0 Å². The zero-order chi connectivity index (χ0) is 15.2. The van der Waals surface area contributed by atoms with E-state index in [9.17, 15) is 9.18 Å². The monoisotopic (exact) mass is 291 g/mol. The molecule has 112 valence electrons. The number of nitrogens with two attached hydrogens (primary N) is 1. The molecule has 0 saturated heterocycles. The number of anilines is 1. The first-order valence-electron chi connectivity index (χ1n) is 6.68. The largest absolute Gasteiger partial charge is 0.383 e. The average molecular weight is 291 g/mol. The fourth-order valence-corrected chi connectivity index (χ4v) is 2.05. The van der Waals surface area contributed by atoms with Gasteiger partial charge in [-0.05, 0) is 18.6 Å². The maximum atomic E-state index is 13.5. The lowest BCUT2D eigenvalue weighted by Crippen LogP contribution is -2.27. The van der Waals surface area contributed by atoms with Gasteiger partial charge in [0.2, 0.25) is 0 Å². The third-order valence-corrected chi connectivity index (χ3v) is 3.16. The standard InChI is InChI=1S/C15H18FN3O2/c1-21-9-11-6-7-12(14(17)19-11)15(20)18-8-10-4-2-3-5-13(10)16/h2,4,6-7H,3,5,8-9H2,1H3,(H2,17,19)(H,18,20). The van der Waals surface area contributed by atoms with Crippen LogP contribution in [0, 0.1) is 0 Å². The van der Waals surface area contributed by atoms with Crippen molar-refractivity contribution >= 4 is 11.7 Å². The molecule has 0 aliphatic heterocycles. The minimum atomic E-state index is -0.372. The quantitative estimate of drug-likeness (QED) is 0.871. The van der Waals surface area contributed by atoms with Crippen LogP contribution < -0.4 is 11.1 Å². The number of pyridine rings is 1. The first kappa shape index (κ1) is 15.2. The number of carbonyl (C=O) groups is 1. The molecule has 1 amide bonds. The Labute approximate surface area is 122 Å². The summed E-state index contributed by atoms with van der Waals surface area (Å²) in [5, 5.41) is 2.65. The lowest BCUT2D eigenvalue weighted by atomic mass is 10.1. The second-order valence-corrected chi connectivity index (χ2v) is 4.72. The summed E-state index contributed by atoms with van der Waals surface area (Å²) in [4.78, 5) is 16.1. The molecule has 1 aliphatic rings. The minimum absolute atomic E-state index is 0.135. The summed E-state index contributed by atoms with van der Waals surface area (Å²) in [5.41, 5.74) is 7.18. The maximum Gasteiger partial charge on any atom is 0.255 e. The summed E-state index contributed by atoms with van der Waals surface area (Å²) in [5.74, 6) is -0.418. The van der Waals surface area contributed by atoms with Crippen LogP contribution in [0.2, 0.25) is 0 Å². The van der Waals surface area contributed by atoms with E-state index in [-0.39, 0.29) is 29.7 Å². The number of amides is 1. The van der Waals surface area contributed by atoms with Crippen molar-refractivity contribution in [2.24, 2.45) is 0 Å². The number of nitrogens with zero attached hydrogens (tertiary/aromatic N) is 1. The van der Waals surface area contributed by atoms with Crippen molar-refractivity contribution < 1.29 is 13.9 Å². The van der Waals surface area contributed by atoms with Crippen LogP contribution in [0.5, 0.6) is 0 Å². The molecule has 0 saturated carbocycles. The second-order valence-electron chi connectivity index (χ2n) is 4.72. The predicted octanol–water partition coefficient (Wildman–Crippen LogP) is 2.11. The molecule has 0 radical (unpaired) electrons. The molecular weight excluding hydrogens is 273 g/mol. The number of aromatic nitrogens is 1. The van der Waals surface area contributed by atoms with E-state index in [2.05, 4.69) is 10.3 Å². The van der Waals surface area contributed by atoms with Crippen molar-refractivity contribution in [2.75, 3.05) is 19.4 Å². The molecule has 0 unspecified atom stereocenters. The molecule has 0 bridgehead atoms. The molecular formula is C15H18FN3O2. The lowest BCUT2D eigenvalue weighted by Gasteiger charge is -2.12. The Balaban J connectivity index is 2.02. The van der Waals surface area contributed by atoms with Crippen LogP contribution in [0.3, 0.4) is 0 Å². The molecule has 1 heterocycles. The number of allylic oxidation sites excluding steroid dienone is 2. The van der Waals surface area contributed by atoms with Gasteiger partial charge < -0.3 is 15.8 Å². The fourth-order valence-electron chi connectivity index (χ4n) is 2.05. The topological polar surface area (TPSA) is 77.2 Å². The highest BCUT2D eigenvalue weighted by molar-refractivity contribution is 5.98. The number of methoxy groups -OCH3 is 1. The summed E-state index contributed by atoms with van der Waals surface area (Å²) >= 11 is 0. The Morgan fingerprint density at radius 1 is 1.52 bits per heavy atom. The highest BCUT2D eigenvalue weighted by Crippen LogP contribution is 2.19. The SMILES string of the molecule is COCc1ccc(C(=O)NCC2=C(F)CCC=C2)c(N)n1. The van der Waals surface area contributed by atoms with Gasteiger partial charge in [-0.1, -0.05) is 12.2 Å². The Bertz CT molecular complexity index is 597. The summed E-state index contributed by atoms with van der Waals surface area (Å²) in [6, 6.07) is 3.27. The lowest BCUT2D eigenvalue weighted by molar-refractivity contribution is 0.0957. The van der Waals surface area contributed by atoms with Gasteiger partial charge in [-0.15, -0.1) is 0 Å². The number of rotatable bonds is 5. The van der Waals surface area contributed by atoms with Crippen LogP contribution >= 0.6 is 0 Å². The predicted molar refractivity (Wildman–Crippen MR) is 78.2 cm³/mol. The zero-order valence-electron chi connectivity index (χ0n) is 11.9.